The van der Waals surface area contributed by atoms with E-state index in [-0.39, 0.29) is 5.69 Å². The Balaban J connectivity index is 2.01. The van der Waals surface area contributed by atoms with Crippen LogP contribution >= 0.6 is 11.3 Å². The molecule has 0 fully saturated rings. The minimum Gasteiger partial charge on any atom is -0.488 e. The van der Waals surface area contributed by atoms with E-state index in [1.54, 1.807) is 30.4 Å². The Bertz CT molecular complexity index is 713. The maximum atomic E-state index is 10.7. The molecule has 1 aromatic heterocycles. The van der Waals surface area contributed by atoms with Crippen LogP contribution in [0.25, 0.3) is 0 Å². The Labute approximate surface area is 126 Å². The second kappa shape index (κ2) is 6.88. The fraction of sp³-hybridized carbons (Fsp3) is 0.200. The van der Waals surface area contributed by atoms with Gasteiger partial charge in [-0.05, 0) is 31.2 Å². The number of aryl methyl sites for hydroxylation is 1. The van der Waals surface area contributed by atoms with E-state index in [0.29, 0.717) is 24.5 Å². The largest absolute Gasteiger partial charge is 0.488 e. The van der Waals surface area contributed by atoms with Crippen molar-refractivity contribution in [3.8, 4) is 17.6 Å². The lowest BCUT2D eigenvalue weighted by Crippen LogP contribution is -1.95. The number of ether oxygens (including phenoxy) is 1. The average molecular weight is 302 g/mol. The molecule has 2 N–H and O–H groups in total. The first-order valence-electron chi connectivity index (χ1n) is 6.25. The summed E-state index contributed by atoms with van der Waals surface area (Å²) in [4.78, 5) is 12.3. The highest BCUT2D eigenvalue weighted by molar-refractivity contribution is 7.12. The number of benzene rings is 1. The second-order valence-electron chi connectivity index (χ2n) is 4.27. The summed E-state index contributed by atoms with van der Waals surface area (Å²) in [5.41, 5.74) is 6.00. The number of thiophene rings is 1. The number of nitrogens with zero attached hydrogens (tertiary/aromatic N) is 1. The molecule has 0 spiro atoms. The van der Waals surface area contributed by atoms with Gasteiger partial charge < -0.3 is 10.5 Å². The van der Waals surface area contributed by atoms with Crippen LogP contribution in [0, 0.1) is 28.9 Å². The van der Waals surface area contributed by atoms with Gasteiger partial charge in [-0.15, -0.1) is 11.3 Å². The first kappa shape index (κ1) is 15.0. The van der Waals surface area contributed by atoms with Crippen LogP contribution in [0.5, 0.6) is 5.75 Å². The molecule has 108 valence electrons. The van der Waals surface area contributed by atoms with Gasteiger partial charge in [0.2, 0.25) is 0 Å². The van der Waals surface area contributed by atoms with Crippen molar-refractivity contribution in [3.63, 3.8) is 0 Å². The molecule has 2 aromatic rings. The summed E-state index contributed by atoms with van der Waals surface area (Å²) in [6.07, 6.45) is 0. The summed E-state index contributed by atoms with van der Waals surface area (Å²) in [6, 6.07) is 8.60. The molecular formula is C15H14N2O3S. The highest BCUT2D eigenvalue weighted by Crippen LogP contribution is 2.24. The maximum Gasteiger partial charge on any atom is 0.272 e. The Morgan fingerprint density at radius 2 is 2.19 bits per heavy atom. The normalized spacial score (nSPS) is 9.81. The SMILES string of the molecule is Cc1cc(OCc2ccc(C#CCN)s2)ccc1[N+](=O)[O-]. The molecule has 6 heteroatoms. The summed E-state index contributed by atoms with van der Waals surface area (Å²) < 4.78 is 5.64. The van der Waals surface area contributed by atoms with E-state index in [9.17, 15) is 10.1 Å². The van der Waals surface area contributed by atoms with Crippen LogP contribution in [0.2, 0.25) is 0 Å². The van der Waals surface area contributed by atoms with Crippen LogP contribution in [0.15, 0.2) is 30.3 Å². The number of nitrogens with two attached hydrogens (primary N) is 1. The van der Waals surface area contributed by atoms with Crippen molar-refractivity contribution in [2.24, 2.45) is 5.73 Å². The molecule has 0 radical (unpaired) electrons. The highest BCUT2D eigenvalue weighted by Gasteiger charge is 2.10. The van der Waals surface area contributed by atoms with Gasteiger partial charge in [-0.2, -0.15) is 0 Å². The maximum absolute atomic E-state index is 10.7. The number of nitro benzene ring substituents is 1. The lowest BCUT2D eigenvalue weighted by molar-refractivity contribution is -0.385. The minimum absolute atomic E-state index is 0.0952. The molecule has 0 saturated heterocycles. The molecule has 0 amide bonds. The predicted octanol–water partition coefficient (Wildman–Crippen LogP) is 2.85. The topological polar surface area (TPSA) is 78.4 Å². The van der Waals surface area contributed by atoms with Gasteiger partial charge in [0.25, 0.3) is 5.69 Å². The van der Waals surface area contributed by atoms with Gasteiger partial charge in [0.15, 0.2) is 0 Å². The lowest BCUT2D eigenvalue weighted by Gasteiger charge is -2.05. The van der Waals surface area contributed by atoms with E-state index in [1.165, 1.54) is 6.07 Å². The number of nitro groups is 1. The molecule has 0 unspecified atom stereocenters. The molecule has 0 atom stereocenters. The van der Waals surface area contributed by atoms with Crippen molar-refractivity contribution < 1.29 is 9.66 Å². The number of hydrogen-bond donors (Lipinski definition) is 1. The van der Waals surface area contributed by atoms with Gasteiger partial charge in [0.1, 0.15) is 12.4 Å². The molecular weight excluding hydrogens is 288 g/mol. The Morgan fingerprint density at radius 1 is 1.38 bits per heavy atom. The van der Waals surface area contributed by atoms with E-state index >= 15 is 0 Å². The van der Waals surface area contributed by atoms with Crippen molar-refractivity contribution in [1.29, 1.82) is 0 Å². The van der Waals surface area contributed by atoms with E-state index in [0.717, 1.165) is 9.75 Å². The first-order chi connectivity index (χ1) is 10.1. The fourth-order valence-corrected chi connectivity index (χ4v) is 2.53. The monoisotopic (exact) mass is 302 g/mol. The molecule has 2 rings (SSSR count). The zero-order valence-electron chi connectivity index (χ0n) is 11.5. The molecule has 0 aliphatic heterocycles. The van der Waals surface area contributed by atoms with Crippen LogP contribution in [-0.2, 0) is 6.61 Å². The smallest absolute Gasteiger partial charge is 0.272 e. The first-order valence-corrected chi connectivity index (χ1v) is 7.07. The molecule has 1 heterocycles. The molecule has 0 bridgehead atoms. The Hall–Kier alpha value is -2.36. The van der Waals surface area contributed by atoms with Crippen molar-refractivity contribution in [1.82, 2.24) is 0 Å². The zero-order chi connectivity index (χ0) is 15.2. The van der Waals surface area contributed by atoms with Crippen LogP contribution in [0.1, 0.15) is 15.3 Å². The number of hydrogen-bond acceptors (Lipinski definition) is 5. The highest BCUT2D eigenvalue weighted by atomic mass is 32.1. The van der Waals surface area contributed by atoms with Crippen LogP contribution in [0.3, 0.4) is 0 Å². The summed E-state index contributed by atoms with van der Waals surface area (Å²) in [6.45, 7) is 2.44. The lowest BCUT2D eigenvalue weighted by atomic mass is 10.2. The third-order valence-electron chi connectivity index (χ3n) is 2.72. The predicted molar refractivity (Wildman–Crippen MR) is 82.4 cm³/mol. The summed E-state index contributed by atoms with van der Waals surface area (Å²) in [7, 11) is 0. The summed E-state index contributed by atoms with van der Waals surface area (Å²) in [5.74, 6) is 6.38. The Morgan fingerprint density at radius 3 is 2.86 bits per heavy atom. The summed E-state index contributed by atoms with van der Waals surface area (Å²) >= 11 is 1.54. The standard InChI is InChI=1S/C15H14N2O3S/c1-11-9-12(4-7-15(11)17(18)19)20-10-14-6-5-13(21-14)3-2-8-16/h4-7,9H,8,10,16H2,1H3. The van der Waals surface area contributed by atoms with Gasteiger partial charge in [0.05, 0.1) is 16.3 Å². The number of rotatable bonds is 4. The molecule has 0 aliphatic carbocycles. The van der Waals surface area contributed by atoms with Crippen molar-refractivity contribution in [3.05, 3.63) is 55.8 Å². The van der Waals surface area contributed by atoms with Crippen molar-refractivity contribution in [2.45, 2.75) is 13.5 Å². The van der Waals surface area contributed by atoms with E-state index < -0.39 is 4.92 Å². The Kier molecular flexibility index (Phi) is 4.93. The van der Waals surface area contributed by atoms with Gasteiger partial charge in [0, 0.05) is 16.5 Å². The minimum atomic E-state index is -0.402. The quantitative estimate of drug-likeness (QED) is 0.535. The van der Waals surface area contributed by atoms with E-state index in [4.69, 9.17) is 10.5 Å². The second-order valence-corrected chi connectivity index (χ2v) is 5.43. The van der Waals surface area contributed by atoms with Crippen LogP contribution in [0.4, 0.5) is 5.69 Å². The molecule has 1 aromatic carbocycles. The molecule has 5 nitrogen and oxygen atoms in total. The summed E-state index contributed by atoms with van der Waals surface area (Å²) in [5, 5.41) is 10.7. The van der Waals surface area contributed by atoms with Crippen LogP contribution in [-0.4, -0.2) is 11.5 Å². The van der Waals surface area contributed by atoms with Gasteiger partial charge in [-0.3, -0.25) is 10.1 Å². The zero-order valence-corrected chi connectivity index (χ0v) is 12.3. The molecule has 0 saturated carbocycles. The van der Waals surface area contributed by atoms with Crippen molar-refractivity contribution in [2.75, 3.05) is 6.54 Å². The van der Waals surface area contributed by atoms with Gasteiger partial charge >= 0.3 is 0 Å². The third-order valence-corrected chi connectivity index (χ3v) is 3.70. The molecule has 0 aliphatic rings. The van der Waals surface area contributed by atoms with Crippen molar-refractivity contribution >= 4 is 17.0 Å². The molecule has 21 heavy (non-hydrogen) atoms. The average Bonchev–Trinajstić information content (AvgIpc) is 2.90. The van der Waals surface area contributed by atoms with Gasteiger partial charge in [-0.25, -0.2) is 0 Å². The van der Waals surface area contributed by atoms with E-state index in [2.05, 4.69) is 11.8 Å². The van der Waals surface area contributed by atoms with E-state index in [1.807, 2.05) is 12.1 Å². The van der Waals surface area contributed by atoms with Crippen LogP contribution < -0.4 is 10.5 Å². The fourth-order valence-electron chi connectivity index (χ4n) is 1.74. The van der Waals surface area contributed by atoms with Gasteiger partial charge in [-0.1, -0.05) is 11.8 Å². The third kappa shape index (κ3) is 4.05.